The lowest BCUT2D eigenvalue weighted by Crippen LogP contribution is -2.53. The fraction of sp³-hybridized carbons (Fsp3) is 0.542. The van der Waals surface area contributed by atoms with Crippen LogP contribution >= 0.6 is 0 Å². The number of benzene rings is 1. The molecule has 0 aliphatic carbocycles. The minimum atomic E-state index is -3.57. The van der Waals surface area contributed by atoms with Crippen molar-refractivity contribution in [3.63, 3.8) is 0 Å². The largest absolute Gasteiger partial charge is 0.355 e. The highest BCUT2D eigenvalue weighted by atomic mass is 32.2. The van der Waals surface area contributed by atoms with Gasteiger partial charge in [-0.25, -0.2) is 13.4 Å². The second-order valence-corrected chi connectivity index (χ2v) is 11.8. The highest BCUT2D eigenvalue weighted by molar-refractivity contribution is 7.89. The maximum Gasteiger partial charge on any atom is 0.243 e. The van der Waals surface area contributed by atoms with E-state index in [0.29, 0.717) is 37.6 Å². The topological polar surface area (TPSA) is 86.7 Å². The van der Waals surface area contributed by atoms with Gasteiger partial charge in [-0.15, -0.1) is 0 Å². The minimum Gasteiger partial charge on any atom is -0.355 e. The van der Waals surface area contributed by atoms with Crippen molar-refractivity contribution < 1.29 is 13.2 Å². The fourth-order valence-electron chi connectivity index (χ4n) is 4.52. The van der Waals surface area contributed by atoms with Gasteiger partial charge in [0.1, 0.15) is 5.82 Å². The number of nitrogens with zero attached hydrogens (tertiary/aromatic N) is 5. The van der Waals surface area contributed by atoms with Crippen molar-refractivity contribution in [3.05, 3.63) is 48.4 Å². The molecule has 2 aliphatic heterocycles. The van der Waals surface area contributed by atoms with Gasteiger partial charge in [0.25, 0.3) is 0 Å². The van der Waals surface area contributed by atoms with Crippen LogP contribution in [-0.4, -0.2) is 72.8 Å². The van der Waals surface area contributed by atoms with Crippen molar-refractivity contribution in [2.24, 2.45) is 5.92 Å². The average molecular weight is 472 g/mol. The van der Waals surface area contributed by atoms with Crippen LogP contribution < -0.4 is 4.90 Å². The Morgan fingerprint density at radius 2 is 1.70 bits per heavy atom. The van der Waals surface area contributed by atoms with E-state index < -0.39 is 10.0 Å². The SMILES string of the molecule is CC(C)(C)c1ccc(S(=O)(=O)N2CCN(C(=O)C3CCCN(c4cnccn4)C3)CC2)cc1. The Hall–Kier alpha value is -2.52. The molecule has 1 atom stereocenters. The Morgan fingerprint density at radius 3 is 2.30 bits per heavy atom. The summed E-state index contributed by atoms with van der Waals surface area (Å²) in [5.74, 6) is 0.799. The molecule has 1 aromatic carbocycles. The van der Waals surface area contributed by atoms with E-state index in [2.05, 4.69) is 35.6 Å². The molecule has 3 heterocycles. The predicted molar refractivity (Wildman–Crippen MR) is 127 cm³/mol. The zero-order chi connectivity index (χ0) is 23.6. The molecule has 1 aromatic heterocycles. The molecule has 4 rings (SSSR count). The molecule has 0 spiro atoms. The summed E-state index contributed by atoms with van der Waals surface area (Å²) in [6.07, 6.45) is 6.80. The van der Waals surface area contributed by atoms with E-state index in [4.69, 9.17) is 0 Å². The number of hydrogen-bond donors (Lipinski definition) is 0. The molecule has 1 unspecified atom stereocenters. The lowest BCUT2D eigenvalue weighted by molar-refractivity contribution is -0.137. The molecule has 0 saturated carbocycles. The summed E-state index contributed by atoms with van der Waals surface area (Å²) in [6.45, 7) is 9.26. The van der Waals surface area contributed by atoms with E-state index in [9.17, 15) is 13.2 Å². The van der Waals surface area contributed by atoms with Gasteiger partial charge in [0, 0.05) is 51.7 Å². The average Bonchev–Trinajstić information content (AvgIpc) is 2.84. The van der Waals surface area contributed by atoms with Crippen LogP contribution in [-0.2, 0) is 20.2 Å². The van der Waals surface area contributed by atoms with Crippen molar-refractivity contribution in [1.29, 1.82) is 0 Å². The number of anilines is 1. The third-order valence-corrected chi connectivity index (χ3v) is 8.47. The van der Waals surface area contributed by atoms with E-state index in [1.807, 2.05) is 17.0 Å². The van der Waals surface area contributed by atoms with Crippen molar-refractivity contribution in [3.8, 4) is 0 Å². The maximum absolute atomic E-state index is 13.2. The molecule has 2 saturated heterocycles. The van der Waals surface area contributed by atoms with Crippen LogP contribution in [0, 0.1) is 5.92 Å². The maximum atomic E-state index is 13.2. The number of hydrogen-bond acceptors (Lipinski definition) is 6. The van der Waals surface area contributed by atoms with Gasteiger partial charge in [-0.05, 0) is 36.0 Å². The number of rotatable bonds is 4. The number of amides is 1. The summed E-state index contributed by atoms with van der Waals surface area (Å²) in [6, 6.07) is 7.16. The third-order valence-electron chi connectivity index (χ3n) is 6.55. The van der Waals surface area contributed by atoms with E-state index >= 15 is 0 Å². The van der Waals surface area contributed by atoms with Crippen LogP contribution in [0.4, 0.5) is 5.82 Å². The Labute approximate surface area is 196 Å². The van der Waals surface area contributed by atoms with Crippen LogP contribution in [0.15, 0.2) is 47.8 Å². The molecule has 0 radical (unpaired) electrons. The van der Waals surface area contributed by atoms with Gasteiger partial charge in [-0.2, -0.15) is 4.31 Å². The first-order valence-corrected chi connectivity index (χ1v) is 13.0. The molecule has 2 aromatic rings. The summed E-state index contributed by atoms with van der Waals surface area (Å²) >= 11 is 0. The quantitative estimate of drug-likeness (QED) is 0.681. The molecule has 8 nitrogen and oxygen atoms in total. The summed E-state index contributed by atoms with van der Waals surface area (Å²) in [4.78, 5) is 25.9. The number of piperidine rings is 1. The summed E-state index contributed by atoms with van der Waals surface area (Å²) < 4.78 is 27.8. The molecule has 2 fully saturated rings. The zero-order valence-electron chi connectivity index (χ0n) is 19.6. The van der Waals surface area contributed by atoms with Gasteiger partial charge >= 0.3 is 0 Å². The first kappa shape index (κ1) is 23.6. The van der Waals surface area contributed by atoms with E-state index in [-0.39, 0.29) is 17.2 Å². The van der Waals surface area contributed by atoms with Gasteiger partial charge in [-0.3, -0.25) is 9.78 Å². The minimum absolute atomic E-state index is 0.0317. The first-order valence-electron chi connectivity index (χ1n) is 11.6. The van der Waals surface area contributed by atoms with Crippen LogP contribution in [0.3, 0.4) is 0 Å². The van der Waals surface area contributed by atoms with Gasteiger partial charge in [0.2, 0.25) is 15.9 Å². The monoisotopic (exact) mass is 471 g/mol. The van der Waals surface area contributed by atoms with E-state index in [1.54, 1.807) is 30.7 Å². The van der Waals surface area contributed by atoms with Crippen molar-refractivity contribution in [1.82, 2.24) is 19.2 Å². The summed E-state index contributed by atoms with van der Waals surface area (Å²) in [7, 11) is -3.57. The Balaban J connectivity index is 1.36. The van der Waals surface area contributed by atoms with Crippen LogP contribution in [0.2, 0.25) is 0 Å². The van der Waals surface area contributed by atoms with Gasteiger partial charge < -0.3 is 9.80 Å². The Bertz CT molecular complexity index is 1060. The standard InChI is InChI=1S/C24H33N5O3S/c1-24(2,3)20-6-8-21(9-7-20)33(31,32)29-15-13-27(14-16-29)23(30)19-5-4-12-28(18-19)22-17-25-10-11-26-22/h6-11,17,19H,4-5,12-16,18H2,1-3H3. The van der Waals surface area contributed by atoms with Crippen LogP contribution in [0.5, 0.6) is 0 Å². The number of sulfonamides is 1. The lowest BCUT2D eigenvalue weighted by atomic mass is 9.87. The second kappa shape index (κ2) is 9.38. The van der Waals surface area contributed by atoms with E-state index in [0.717, 1.165) is 30.8 Å². The molecule has 2 aliphatic rings. The summed E-state index contributed by atoms with van der Waals surface area (Å²) in [5.41, 5.74) is 1.07. The zero-order valence-corrected chi connectivity index (χ0v) is 20.5. The molecular weight excluding hydrogens is 438 g/mol. The van der Waals surface area contributed by atoms with Crippen molar-refractivity contribution in [2.75, 3.05) is 44.2 Å². The van der Waals surface area contributed by atoms with E-state index in [1.165, 1.54) is 4.31 Å². The van der Waals surface area contributed by atoms with Gasteiger partial charge in [0.15, 0.2) is 0 Å². The van der Waals surface area contributed by atoms with Gasteiger partial charge in [0.05, 0.1) is 17.0 Å². The Kier molecular flexibility index (Phi) is 6.72. The third kappa shape index (κ3) is 5.19. The number of piperazine rings is 1. The number of carbonyl (C=O) groups excluding carboxylic acids is 1. The van der Waals surface area contributed by atoms with Crippen LogP contribution in [0.1, 0.15) is 39.2 Å². The molecule has 178 valence electrons. The molecule has 9 heteroatoms. The van der Waals surface area contributed by atoms with Crippen LogP contribution in [0.25, 0.3) is 0 Å². The van der Waals surface area contributed by atoms with Crippen molar-refractivity contribution in [2.45, 2.75) is 43.9 Å². The molecule has 33 heavy (non-hydrogen) atoms. The highest BCUT2D eigenvalue weighted by Gasteiger charge is 2.34. The highest BCUT2D eigenvalue weighted by Crippen LogP contribution is 2.26. The fourth-order valence-corrected chi connectivity index (χ4v) is 5.95. The molecule has 1 amide bonds. The predicted octanol–water partition coefficient (Wildman–Crippen LogP) is 2.52. The molecule has 0 N–H and O–H groups in total. The molecule has 0 bridgehead atoms. The number of carbonyl (C=O) groups is 1. The smallest absolute Gasteiger partial charge is 0.243 e. The number of aromatic nitrogens is 2. The molecular formula is C24H33N5O3S. The lowest BCUT2D eigenvalue weighted by Gasteiger charge is -2.38. The Morgan fingerprint density at radius 1 is 1.00 bits per heavy atom. The first-order chi connectivity index (χ1) is 15.7. The normalized spacial score (nSPS) is 20.6. The second-order valence-electron chi connectivity index (χ2n) is 9.85. The van der Waals surface area contributed by atoms with Crippen molar-refractivity contribution >= 4 is 21.7 Å². The van der Waals surface area contributed by atoms with Gasteiger partial charge in [-0.1, -0.05) is 32.9 Å². The summed E-state index contributed by atoms with van der Waals surface area (Å²) in [5, 5.41) is 0.